The first-order valence-corrected chi connectivity index (χ1v) is 7.49. The lowest BCUT2D eigenvalue weighted by Crippen LogP contribution is -2.00. The van der Waals surface area contributed by atoms with E-state index in [-0.39, 0.29) is 14.2 Å². The van der Waals surface area contributed by atoms with Crippen LogP contribution in [-0.4, -0.2) is 14.2 Å². The van der Waals surface area contributed by atoms with Crippen LogP contribution in [0.3, 0.4) is 0 Å². The summed E-state index contributed by atoms with van der Waals surface area (Å²) in [5, 5.41) is 0. The number of rotatable bonds is 3. The maximum Gasteiger partial charge on any atom is 0.193 e. The molecule has 0 amide bonds. The zero-order valence-electron chi connectivity index (χ0n) is 11.9. The summed E-state index contributed by atoms with van der Waals surface area (Å²) >= 11 is 3.48. The molecule has 0 bridgehead atoms. The lowest BCUT2D eigenvalue weighted by molar-refractivity contribution is 0.103. The van der Waals surface area contributed by atoms with Gasteiger partial charge in [-0.05, 0) is 29.3 Å². The van der Waals surface area contributed by atoms with Crippen molar-refractivity contribution in [1.29, 1.82) is 0 Å². The third-order valence-electron chi connectivity index (χ3n) is 3.32. The number of ketones is 1. The molecule has 0 N–H and O–H groups in total. The van der Waals surface area contributed by atoms with Gasteiger partial charge in [-0.2, -0.15) is 0 Å². The van der Waals surface area contributed by atoms with Crippen molar-refractivity contribution < 1.29 is 4.79 Å². The predicted molar refractivity (Wildman–Crippen MR) is 95.2 cm³/mol. The predicted octanol–water partition coefficient (Wildman–Crippen LogP) is 4.97. The van der Waals surface area contributed by atoms with E-state index in [1.165, 1.54) is 0 Å². The summed E-state index contributed by atoms with van der Waals surface area (Å²) in [6.07, 6.45) is 0. The number of benzene rings is 3. The van der Waals surface area contributed by atoms with Crippen molar-refractivity contribution in [2.75, 3.05) is 0 Å². The highest BCUT2D eigenvalue weighted by molar-refractivity contribution is 9.10. The Balaban J connectivity index is 0.00000176. The summed E-state index contributed by atoms with van der Waals surface area (Å²) in [6, 6.07) is 25.2. The molecule has 0 aliphatic rings. The average Bonchev–Trinajstić information content (AvgIpc) is 2.55. The number of carbonyl (C=O) groups is 1. The van der Waals surface area contributed by atoms with E-state index in [0.29, 0.717) is 11.1 Å². The fraction of sp³-hybridized carbons (Fsp3) is 0. The monoisotopic (exact) mass is 347 g/mol. The Labute approximate surface area is 140 Å². The van der Waals surface area contributed by atoms with E-state index in [2.05, 4.69) is 15.9 Å². The van der Waals surface area contributed by atoms with E-state index in [1.54, 1.807) is 0 Å². The van der Waals surface area contributed by atoms with E-state index in [0.717, 1.165) is 15.6 Å². The molecule has 0 unspecified atom stereocenters. The summed E-state index contributed by atoms with van der Waals surface area (Å²) in [7, 11) is 0. The van der Waals surface area contributed by atoms with Crippen LogP contribution >= 0.6 is 15.9 Å². The molecule has 3 aromatic rings. The summed E-state index contributed by atoms with van der Waals surface area (Å²) < 4.78 is 1.03. The van der Waals surface area contributed by atoms with Gasteiger partial charge in [0.2, 0.25) is 0 Å². The van der Waals surface area contributed by atoms with Gasteiger partial charge in [0.05, 0.1) is 0 Å². The van der Waals surface area contributed by atoms with Crippen LogP contribution in [0, 0.1) is 0 Å². The van der Waals surface area contributed by atoms with Gasteiger partial charge in [-0.25, -0.2) is 0 Å². The van der Waals surface area contributed by atoms with Crippen LogP contribution < -0.4 is 0 Å². The van der Waals surface area contributed by atoms with Gasteiger partial charge in [-0.1, -0.05) is 76.6 Å². The van der Waals surface area contributed by atoms with Crippen molar-refractivity contribution in [2.24, 2.45) is 0 Å². The molecule has 3 radical (unpaired) electrons. The molecule has 0 atom stereocenters. The topological polar surface area (TPSA) is 17.1 Å². The van der Waals surface area contributed by atoms with Gasteiger partial charge >= 0.3 is 0 Å². The summed E-state index contributed by atoms with van der Waals surface area (Å²) in [5.74, 6) is 0.0486. The number of halogens is 1. The first-order chi connectivity index (χ1) is 10.2. The van der Waals surface area contributed by atoms with Gasteiger partial charge in [-0.15, -0.1) is 0 Å². The van der Waals surface area contributed by atoms with E-state index in [9.17, 15) is 4.79 Å². The first kappa shape index (κ1) is 16.2. The molecule has 3 rings (SSSR count). The summed E-state index contributed by atoms with van der Waals surface area (Å²) in [5.41, 5.74) is 3.55. The highest BCUT2D eigenvalue weighted by Crippen LogP contribution is 2.24. The van der Waals surface area contributed by atoms with Crippen molar-refractivity contribution in [3.8, 4) is 11.1 Å². The largest absolute Gasteiger partial charge is 0.289 e. The molecule has 0 aromatic heterocycles. The van der Waals surface area contributed by atoms with E-state index >= 15 is 0 Å². The molecule has 3 heteroatoms. The van der Waals surface area contributed by atoms with Crippen molar-refractivity contribution in [1.82, 2.24) is 0 Å². The Kier molecular flexibility index (Phi) is 5.34. The molecule has 0 fully saturated rings. The van der Waals surface area contributed by atoms with Crippen LogP contribution in [0.1, 0.15) is 15.9 Å². The van der Waals surface area contributed by atoms with Crippen LogP contribution in [0.4, 0.5) is 0 Å². The van der Waals surface area contributed by atoms with Crippen molar-refractivity contribution in [2.45, 2.75) is 0 Å². The third kappa shape index (κ3) is 3.55. The van der Waals surface area contributed by atoms with Gasteiger partial charge in [0, 0.05) is 24.0 Å². The normalized spacial score (nSPS) is 9.86. The molecular weight excluding hydrogens is 335 g/mol. The Morgan fingerprint density at radius 1 is 0.682 bits per heavy atom. The standard InChI is InChI=1S/C19H13BrO.B/c20-18-11-5-9-16(13-18)15-8-4-10-17(12-15)19(21)14-6-2-1-3-7-14;/h1-13H;. The summed E-state index contributed by atoms with van der Waals surface area (Å²) in [4.78, 5) is 12.5. The molecule has 0 aliphatic heterocycles. The molecule has 0 aliphatic carbocycles. The van der Waals surface area contributed by atoms with Crippen LogP contribution in [0.15, 0.2) is 83.3 Å². The molecule has 3 aromatic carbocycles. The maximum absolute atomic E-state index is 12.5. The second-order valence-corrected chi connectivity index (χ2v) is 5.70. The van der Waals surface area contributed by atoms with Crippen LogP contribution in [0.25, 0.3) is 11.1 Å². The lowest BCUT2D eigenvalue weighted by Gasteiger charge is -2.06. The minimum absolute atomic E-state index is 0. The van der Waals surface area contributed by atoms with Gasteiger partial charge < -0.3 is 0 Å². The van der Waals surface area contributed by atoms with Gasteiger partial charge in [0.25, 0.3) is 0 Å². The molecule has 0 saturated carbocycles. The highest BCUT2D eigenvalue weighted by atomic mass is 79.9. The highest BCUT2D eigenvalue weighted by Gasteiger charge is 2.09. The van der Waals surface area contributed by atoms with E-state index in [4.69, 9.17) is 0 Å². The van der Waals surface area contributed by atoms with Crippen LogP contribution in [0.5, 0.6) is 0 Å². The molecule has 105 valence electrons. The Bertz CT molecular complexity index is 784. The van der Waals surface area contributed by atoms with Crippen molar-refractivity contribution >= 4 is 30.1 Å². The first-order valence-electron chi connectivity index (χ1n) is 6.70. The zero-order valence-corrected chi connectivity index (χ0v) is 13.5. The fourth-order valence-corrected chi connectivity index (χ4v) is 2.66. The number of carbonyl (C=O) groups excluding carboxylic acids is 1. The van der Waals surface area contributed by atoms with Crippen molar-refractivity contribution in [3.63, 3.8) is 0 Å². The van der Waals surface area contributed by atoms with Crippen LogP contribution in [0.2, 0.25) is 0 Å². The zero-order chi connectivity index (χ0) is 14.7. The Morgan fingerprint density at radius 3 is 1.95 bits per heavy atom. The Morgan fingerprint density at radius 2 is 1.27 bits per heavy atom. The minimum Gasteiger partial charge on any atom is -0.289 e. The van der Waals surface area contributed by atoms with Gasteiger partial charge in [-0.3, -0.25) is 4.79 Å². The third-order valence-corrected chi connectivity index (χ3v) is 3.81. The Hall–Kier alpha value is -2.13. The summed E-state index contributed by atoms with van der Waals surface area (Å²) in [6.45, 7) is 0. The van der Waals surface area contributed by atoms with Crippen molar-refractivity contribution in [3.05, 3.63) is 94.5 Å². The average molecular weight is 348 g/mol. The smallest absolute Gasteiger partial charge is 0.193 e. The molecule has 0 saturated heterocycles. The number of hydrogen-bond acceptors (Lipinski definition) is 1. The fourth-order valence-electron chi connectivity index (χ4n) is 2.26. The van der Waals surface area contributed by atoms with E-state index < -0.39 is 0 Å². The van der Waals surface area contributed by atoms with E-state index in [1.807, 2.05) is 78.9 Å². The minimum atomic E-state index is 0. The maximum atomic E-state index is 12.5. The molecule has 1 nitrogen and oxygen atoms in total. The molecular formula is C19H13BBrO. The lowest BCUT2D eigenvalue weighted by atomic mass is 9.98. The number of hydrogen-bond donors (Lipinski definition) is 0. The molecule has 0 heterocycles. The van der Waals surface area contributed by atoms with Gasteiger partial charge in [0.1, 0.15) is 0 Å². The molecule has 0 spiro atoms. The van der Waals surface area contributed by atoms with Gasteiger partial charge in [0.15, 0.2) is 5.78 Å². The SMILES string of the molecule is O=C(c1ccccc1)c1cccc(-c2cccc(Br)c2)c1.[B]. The second-order valence-electron chi connectivity index (χ2n) is 4.79. The second kappa shape index (κ2) is 7.23. The molecule has 22 heavy (non-hydrogen) atoms. The quantitative estimate of drug-likeness (QED) is 0.483. The van der Waals surface area contributed by atoms with Crippen LogP contribution in [-0.2, 0) is 0 Å².